The number of hydrogen-bond donors (Lipinski definition) is 0. The summed E-state index contributed by atoms with van der Waals surface area (Å²) in [6.45, 7) is 6.04. The molecular formula is C16H18BrN3O. The number of nitrogens with zero attached hydrogens (tertiary/aromatic N) is 3. The predicted molar refractivity (Wildman–Crippen MR) is 82.6 cm³/mol. The van der Waals surface area contributed by atoms with Crippen LogP contribution in [0.2, 0.25) is 0 Å². The van der Waals surface area contributed by atoms with Crippen LogP contribution >= 0.6 is 15.9 Å². The number of hydrogen-bond acceptors (Lipinski definition) is 3. The van der Waals surface area contributed by atoms with Crippen molar-refractivity contribution in [2.24, 2.45) is 18.4 Å². The van der Waals surface area contributed by atoms with E-state index in [4.69, 9.17) is 0 Å². The summed E-state index contributed by atoms with van der Waals surface area (Å²) in [4.78, 5) is 12.5. The molecule has 1 heterocycles. The maximum atomic E-state index is 12.5. The number of nitriles is 1. The molecule has 1 aromatic heterocycles. The minimum absolute atomic E-state index is 0.0362. The predicted octanol–water partition coefficient (Wildman–Crippen LogP) is 3.06. The molecule has 2 atom stereocenters. The zero-order valence-electron chi connectivity index (χ0n) is 12.7. The van der Waals surface area contributed by atoms with Crippen LogP contribution in [-0.4, -0.2) is 15.6 Å². The molecule has 2 aliphatic rings. The first-order chi connectivity index (χ1) is 9.73. The molecule has 21 heavy (non-hydrogen) atoms. The Kier molecular flexibility index (Phi) is 2.97. The van der Waals surface area contributed by atoms with Gasteiger partial charge in [0.15, 0.2) is 5.78 Å². The average Bonchev–Trinajstić information content (AvgIpc) is 2.72. The lowest BCUT2D eigenvalue weighted by Gasteiger charge is -2.49. The number of aromatic nitrogens is 2. The van der Waals surface area contributed by atoms with Crippen molar-refractivity contribution in [2.45, 2.75) is 39.0 Å². The number of carbonyl (C=O) groups excluding carboxylic acids is 1. The van der Waals surface area contributed by atoms with Gasteiger partial charge in [-0.3, -0.25) is 9.48 Å². The van der Waals surface area contributed by atoms with Crippen LogP contribution in [0.1, 0.15) is 38.4 Å². The molecule has 0 saturated carbocycles. The first kappa shape index (κ1) is 14.5. The Morgan fingerprint density at radius 2 is 2.14 bits per heavy atom. The molecule has 0 saturated heterocycles. The molecule has 0 aliphatic heterocycles. The number of carbonyl (C=O) groups is 1. The van der Waals surface area contributed by atoms with Crippen LogP contribution in [0.25, 0.3) is 0 Å². The van der Waals surface area contributed by atoms with Crippen LogP contribution in [0.15, 0.2) is 16.3 Å². The summed E-state index contributed by atoms with van der Waals surface area (Å²) in [5.74, 6) is 0.134. The number of halogens is 1. The highest BCUT2D eigenvalue weighted by Crippen LogP contribution is 2.54. The van der Waals surface area contributed by atoms with Crippen molar-refractivity contribution in [3.05, 3.63) is 27.5 Å². The first-order valence-electron chi connectivity index (χ1n) is 7.13. The SMILES string of the molecule is Cn1nc2c(c1Br)CCC1C(C)(C)C(=O)C(C#N)=CC21C. The summed E-state index contributed by atoms with van der Waals surface area (Å²) in [6.07, 6.45) is 3.70. The minimum atomic E-state index is -0.531. The standard InChI is InChI=1S/C16H18BrN3O/c1-15(2)11-6-5-10-12(19-20(4)14(10)17)16(11,3)7-9(8-18)13(15)21/h7,11H,5-6H2,1-4H3. The van der Waals surface area contributed by atoms with Crippen molar-refractivity contribution in [2.75, 3.05) is 0 Å². The van der Waals surface area contributed by atoms with Gasteiger partial charge in [0, 0.05) is 23.4 Å². The second kappa shape index (κ2) is 4.30. The van der Waals surface area contributed by atoms with E-state index in [0.717, 1.165) is 23.1 Å². The molecule has 0 aromatic carbocycles. The second-order valence-electron chi connectivity index (χ2n) is 6.84. The van der Waals surface area contributed by atoms with E-state index < -0.39 is 5.41 Å². The number of fused-ring (bicyclic) bond motifs is 3. The van der Waals surface area contributed by atoms with E-state index in [1.54, 1.807) is 0 Å². The van der Waals surface area contributed by atoms with Crippen molar-refractivity contribution < 1.29 is 4.79 Å². The van der Waals surface area contributed by atoms with Gasteiger partial charge in [0.25, 0.3) is 0 Å². The summed E-state index contributed by atoms with van der Waals surface area (Å²) in [6, 6.07) is 2.09. The molecule has 4 nitrogen and oxygen atoms in total. The fourth-order valence-electron chi connectivity index (χ4n) is 4.19. The van der Waals surface area contributed by atoms with Gasteiger partial charge in [-0.1, -0.05) is 26.8 Å². The largest absolute Gasteiger partial charge is 0.293 e. The van der Waals surface area contributed by atoms with Crippen LogP contribution < -0.4 is 0 Å². The summed E-state index contributed by atoms with van der Waals surface area (Å²) >= 11 is 3.60. The van der Waals surface area contributed by atoms with Gasteiger partial charge in [0.05, 0.1) is 11.3 Å². The smallest absolute Gasteiger partial charge is 0.178 e. The maximum Gasteiger partial charge on any atom is 0.178 e. The second-order valence-corrected chi connectivity index (χ2v) is 7.59. The van der Waals surface area contributed by atoms with Crippen molar-refractivity contribution in [1.29, 1.82) is 5.26 Å². The van der Waals surface area contributed by atoms with E-state index in [9.17, 15) is 10.1 Å². The van der Waals surface area contributed by atoms with E-state index in [-0.39, 0.29) is 22.7 Å². The van der Waals surface area contributed by atoms with Gasteiger partial charge < -0.3 is 0 Å². The molecule has 2 unspecified atom stereocenters. The monoisotopic (exact) mass is 347 g/mol. The van der Waals surface area contributed by atoms with Gasteiger partial charge in [0.1, 0.15) is 10.7 Å². The Bertz CT molecular complexity index is 723. The minimum Gasteiger partial charge on any atom is -0.293 e. The molecule has 5 heteroatoms. The van der Waals surface area contributed by atoms with Crippen LogP contribution in [0.5, 0.6) is 0 Å². The van der Waals surface area contributed by atoms with E-state index in [1.807, 2.05) is 31.7 Å². The number of aryl methyl sites for hydroxylation is 1. The van der Waals surface area contributed by atoms with Gasteiger partial charge in [-0.05, 0) is 34.7 Å². The van der Waals surface area contributed by atoms with Gasteiger partial charge in [0.2, 0.25) is 0 Å². The molecule has 0 radical (unpaired) electrons. The highest BCUT2D eigenvalue weighted by molar-refractivity contribution is 9.10. The van der Waals surface area contributed by atoms with Crippen molar-refractivity contribution in [1.82, 2.24) is 9.78 Å². The van der Waals surface area contributed by atoms with Crippen LogP contribution in [-0.2, 0) is 23.7 Å². The van der Waals surface area contributed by atoms with E-state index in [0.29, 0.717) is 0 Å². The molecule has 110 valence electrons. The van der Waals surface area contributed by atoms with Crippen LogP contribution in [0.4, 0.5) is 0 Å². The summed E-state index contributed by atoms with van der Waals surface area (Å²) in [5, 5.41) is 14.0. The molecule has 1 aromatic rings. The Morgan fingerprint density at radius 3 is 2.76 bits per heavy atom. The third-order valence-corrected chi connectivity index (χ3v) is 6.24. The lowest BCUT2D eigenvalue weighted by Crippen LogP contribution is -2.51. The van der Waals surface area contributed by atoms with E-state index in [1.165, 1.54) is 5.56 Å². The highest BCUT2D eigenvalue weighted by atomic mass is 79.9. The van der Waals surface area contributed by atoms with E-state index >= 15 is 0 Å². The molecule has 3 rings (SSSR count). The first-order valence-corrected chi connectivity index (χ1v) is 7.92. The number of rotatable bonds is 0. The third-order valence-electron chi connectivity index (χ3n) is 5.25. The summed E-state index contributed by atoms with van der Waals surface area (Å²) in [5.41, 5.74) is 1.58. The van der Waals surface area contributed by atoms with Gasteiger partial charge in [-0.2, -0.15) is 10.4 Å². The average molecular weight is 348 g/mol. The van der Waals surface area contributed by atoms with E-state index in [2.05, 4.69) is 34.0 Å². The van der Waals surface area contributed by atoms with Gasteiger partial charge in [-0.25, -0.2) is 0 Å². The normalized spacial score (nSPS) is 30.2. The van der Waals surface area contributed by atoms with Crippen LogP contribution in [0, 0.1) is 22.7 Å². The topological polar surface area (TPSA) is 58.7 Å². The molecule has 0 spiro atoms. The molecule has 0 amide bonds. The molecule has 2 aliphatic carbocycles. The fraction of sp³-hybridized carbons (Fsp3) is 0.562. The fourth-order valence-corrected chi connectivity index (χ4v) is 4.65. The summed E-state index contributed by atoms with van der Waals surface area (Å²) < 4.78 is 2.83. The summed E-state index contributed by atoms with van der Waals surface area (Å²) in [7, 11) is 1.91. The zero-order valence-corrected chi connectivity index (χ0v) is 14.3. The number of allylic oxidation sites excluding steroid dienone is 2. The molecule has 0 N–H and O–H groups in total. The third kappa shape index (κ3) is 1.72. The lowest BCUT2D eigenvalue weighted by molar-refractivity contribution is -0.128. The van der Waals surface area contributed by atoms with Gasteiger partial charge >= 0.3 is 0 Å². The lowest BCUT2D eigenvalue weighted by atomic mass is 9.52. The quantitative estimate of drug-likeness (QED) is 0.724. The van der Waals surface area contributed by atoms with Crippen molar-refractivity contribution >= 4 is 21.7 Å². The Balaban J connectivity index is 2.30. The van der Waals surface area contributed by atoms with Crippen LogP contribution in [0.3, 0.4) is 0 Å². The highest BCUT2D eigenvalue weighted by Gasteiger charge is 2.55. The Labute approximate surface area is 133 Å². The Morgan fingerprint density at radius 1 is 1.48 bits per heavy atom. The molecule has 0 bridgehead atoms. The van der Waals surface area contributed by atoms with Gasteiger partial charge in [-0.15, -0.1) is 0 Å². The Hall–Kier alpha value is -1.41. The zero-order chi connectivity index (χ0) is 15.6. The van der Waals surface area contributed by atoms with Crippen molar-refractivity contribution in [3.63, 3.8) is 0 Å². The van der Waals surface area contributed by atoms with Crippen molar-refractivity contribution in [3.8, 4) is 6.07 Å². The number of ketones is 1. The maximum absolute atomic E-state index is 12.5. The molecule has 0 fully saturated rings. The number of Topliss-reactive ketones (excluding diaryl/α,β-unsaturated/α-hetero) is 1. The molecular weight excluding hydrogens is 330 g/mol.